The van der Waals surface area contributed by atoms with Crippen molar-refractivity contribution in [3.8, 4) is 0 Å². The average Bonchev–Trinajstić information content (AvgIpc) is 3.24. The molecule has 1 N–H and O–H groups in total. The predicted molar refractivity (Wildman–Crippen MR) is 106 cm³/mol. The number of carbonyl (C=O) groups excluding carboxylic acids is 3. The molecule has 0 bridgehead atoms. The average molecular weight is 398 g/mol. The molecule has 2 aliphatic rings. The number of piperidine rings is 1. The Bertz CT molecular complexity index is 869. The van der Waals surface area contributed by atoms with E-state index in [1.54, 1.807) is 24.3 Å². The van der Waals surface area contributed by atoms with E-state index in [-0.39, 0.29) is 30.7 Å². The first-order valence-electron chi connectivity index (χ1n) is 9.53. The second kappa shape index (κ2) is 8.20. The van der Waals surface area contributed by atoms with Gasteiger partial charge in [-0.1, -0.05) is 18.6 Å². The van der Waals surface area contributed by atoms with Crippen LogP contribution in [-0.4, -0.2) is 52.1 Å². The molecule has 0 spiro atoms. The summed E-state index contributed by atoms with van der Waals surface area (Å²) in [5.41, 5.74) is 1.76. The number of likely N-dealkylation sites (tertiary alicyclic amines) is 1. The van der Waals surface area contributed by atoms with Crippen LogP contribution in [0.1, 0.15) is 52.1 Å². The maximum atomic E-state index is 12.3. The number of fused-ring (bicyclic) bond motifs is 1. The van der Waals surface area contributed by atoms with Crippen molar-refractivity contribution in [3.05, 3.63) is 46.5 Å². The maximum absolute atomic E-state index is 12.3. The molecule has 1 saturated heterocycles. The quantitative estimate of drug-likeness (QED) is 0.757. The van der Waals surface area contributed by atoms with Crippen LogP contribution in [0.3, 0.4) is 0 Å². The first kappa shape index (κ1) is 18.8. The normalized spacial score (nSPS) is 17.1. The SMILES string of the molecule is O=C(CCN1C(=O)c2ccccc2C1=O)Nc1nc(CN2CCCCC2)cs1. The number of aromatic nitrogens is 1. The Morgan fingerprint density at radius 2 is 1.75 bits per heavy atom. The standard InChI is InChI=1S/C20H22N4O3S/c25-17(8-11-24-18(26)15-6-2-3-7-16(15)19(24)27)22-20-21-14(13-28-20)12-23-9-4-1-5-10-23/h2-3,6-7,13H,1,4-5,8-12H2,(H,21,22,25). The van der Waals surface area contributed by atoms with Crippen LogP contribution in [0.4, 0.5) is 5.13 Å². The van der Waals surface area contributed by atoms with Gasteiger partial charge < -0.3 is 5.32 Å². The van der Waals surface area contributed by atoms with E-state index in [0.717, 1.165) is 30.2 Å². The molecule has 0 aliphatic carbocycles. The summed E-state index contributed by atoms with van der Waals surface area (Å²) in [6.45, 7) is 3.06. The molecule has 28 heavy (non-hydrogen) atoms. The lowest BCUT2D eigenvalue weighted by atomic mass is 10.1. The van der Waals surface area contributed by atoms with E-state index in [0.29, 0.717) is 16.3 Å². The van der Waals surface area contributed by atoms with E-state index in [1.807, 2.05) is 5.38 Å². The molecule has 1 aromatic carbocycles. The molecule has 1 aromatic heterocycles. The van der Waals surface area contributed by atoms with Crippen molar-refractivity contribution in [1.82, 2.24) is 14.8 Å². The summed E-state index contributed by atoms with van der Waals surface area (Å²) in [7, 11) is 0. The van der Waals surface area contributed by atoms with Gasteiger partial charge in [0.05, 0.1) is 16.8 Å². The maximum Gasteiger partial charge on any atom is 0.261 e. The zero-order valence-corrected chi connectivity index (χ0v) is 16.3. The minimum Gasteiger partial charge on any atom is -0.302 e. The number of rotatable bonds is 6. The van der Waals surface area contributed by atoms with Crippen molar-refractivity contribution in [2.45, 2.75) is 32.2 Å². The number of imide groups is 1. The molecule has 7 nitrogen and oxygen atoms in total. The van der Waals surface area contributed by atoms with Gasteiger partial charge in [0, 0.05) is 24.9 Å². The van der Waals surface area contributed by atoms with Crippen LogP contribution < -0.4 is 5.32 Å². The van der Waals surface area contributed by atoms with Gasteiger partial charge in [-0.3, -0.25) is 24.2 Å². The molecule has 0 saturated carbocycles. The van der Waals surface area contributed by atoms with Crippen molar-refractivity contribution in [3.63, 3.8) is 0 Å². The zero-order valence-electron chi connectivity index (χ0n) is 15.5. The lowest BCUT2D eigenvalue weighted by Gasteiger charge is -2.25. The molecule has 0 atom stereocenters. The highest BCUT2D eigenvalue weighted by molar-refractivity contribution is 7.13. The first-order valence-corrected chi connectivity index (χ1v) is 10.4. The van der Waals surface area contributed by atoms with E-state index in [9.17, 15) is 14.4 Å². The molecular weight excluding hydrogens is 376 g/mol. The molecule has 146 valence electrons. The van der Waals surface area contributed by atoms with Crippen molar-refractivity contribution in [2.75, 3.05) is 25.0 Å². The monoisotopic (exact) mass is 398 g/mol. The van der Waals surface area contributed by atoms with E-state index in [1.165, 1.54) is 30.6 Å². The molecule has 2 aliphatic heterocycles. The number of hydrogen-bond acceptors (Lipinski definition) is 6. The van der Waals surface area contributed by atoms with Crippen LogP contribution in [0.5, 0.6) is 0 Å². The van der Waals surface area contributed by atoms with Crippen molar-refractivity contribution < 1.29 is 14.4 Å². The number of nitrogens with one attached hydrogen (secondary N) is 1. The fourth-order valence-corrected chi connectivity index (χ4v) is 4.34. The molecule has 4 rings (SSSR count). The molecule has 0 unspecified atom stereocenters. The lowest BCUT2D eigenvalue weighted by molar-refractivity contribution is -0.116. The van der Waals surface area contributed by atoms with Gasteiger partial charge in [0.15, 0.2) is 5.13 Å². The fourth-order valence-electron chi connectivity index (χ4n) is 3.62. The molecule has 0 radical (unpaired) electrons. The first-order chi connectivity index (χ1) is 13.6. The van der Waals surface area contributed by atoms with Crippen LogP contribution in [-0.2, 0) is 11.3 Å². The fraction of sp³-hybridized carbons (Fsp3) is 0.400. The summed E-state index contributed by atoms with van der Waals surface area (Å²) in [6.07, 6.45) is 3.80. The van der Waals surface area contributed by atoms with Gasteiger partial charge in [0.1, 0.15) is 0 Å². The Morgan fingerprint density at radius 1 is 1.07 bits per heavy atom. The molecule has 1 fully saturated rings. The largest absolute Gasteiger partial charge is 0.302 e. The van der Waals surface area contributed by atoms with Crippen molar-refractivity contribution >= 4 is 34.2 Å². The molecule has 8 heteroatoms. The summed E-state index contributed by atoms with van der Waals surface area (Å²) in [5, 5.41) is 5.30. The number of nitrogens with zero attached hydrogens (tertiary/aromatic N) is 3. The van der Waals surface area contributed by atoms with E-state index >= 15 is 0 Å². The van der Waals surface area contributed by atoms with Gasteiger partial charge in [-0.05, 0) is 38.1 Å². The van der Waals surface area contributed by atoms with Gasteiger partial charge in [0.25, 0.3) is 11.8 Å². The van der Waals surface area contributed by atoms with Gasteiger partial charge >= 0.3 is 0 Å². The lowest BCUT2D eigenvalue weighted by Crippen LogP contribution is -2.32. The topological polar surface area (TPSA) is 82.6 Å². The van der Waals surface area contributed by atoms with E-state index < -0.39 is 0 Å². The molecule has 3 amide bonds. The van der Waals surface area contributed by atoms with Gasteiger partial charge in [0.2, 0.25) is 5.91 Å². The third kappa shape index (κ3) is 3.98. The summed E-state index contributed by atoms with van der Waals surface area (Å²) < 4.78 is 0. The second-order valence-electron chi connectivity index (χ2n) is 7.09. The Hall–Kier alpha value is -2.58. The van der Waals surface area contributed by atoms with E-state index in [2.05, 4.69) is 15.2 Å². The summed E-state index contributed by atoms with van der Waals surface area (Å²) >= 11 is 1.40. The molecule has 3 heterocycles. The number of anilines is 1. The van der Waals surface area contributed by atoms with Gasteiger partial charge in [-0.2, -0.15) is 0 Å². The highest BCUT2D eigenvalue weighted by Crippen LogP contribution is 2.23. The number of amides is 3. The van der Waals surface area contributed by atoms with Crippen molar-refractivity contribution in [1.29, 1.82) is 0 Å². The van der Waals surface area contributed by atoms with Crippen LogP contribution >= 0.6 is 11.3 Å². The van der Waals surface area contributed by atoms with Crippen LogP contribution in [0, 0.1) is 0 Å². The number of carbonyl (C=O) groups is 3. The van der Waals surface area contributed by atoms with Gasteiger partial charge in [-0.25, -0.2) is 4.98 Å². The minimum atomic E-state index is -0.341. The van der Waals surface area contributed by atoms with Crippen LogP contribution in [0.25, 0.3) is 0 Å². The smallest absolute Gasteiger partial charge is 0.261 e. The van der Waals surface area contributed by atoms with Crippen LogP contribution in [0.2, 0.25) is 0 Å². The minimum absolute atomic E-state index is 0.0481. The van der Waals surface area contributed by atoms with Crippen molar-refractivity contribution in [2.24, 2.45) is 0 Å². The second-order valence-corrected chi connectivity index (χ2v) is 7.94. The Labute approximate surface area is 167 Å². The third-order valence-corrected chi connectivity index (χ3v) is 5.88. The number of hydrogen-bond donors (Lipinski definition) is 1. The Morgan fingerprint density at radius 3 is 2.43 bits per heavy atom. The number of benzene rings is 1. The number of thiazole rings is 1. The highest BCUT2D eigenvalue weighted by Gasteiger charge is 2.34. The van der Waals surface area contributed by atoms with E-state index in [4.69, 9.17) is 0 Å². The summed E-state index contributed by atoms with van der Waals surface area (Å²) in [6, 6.07) is 6.72. The highest BCUT2D eigenvalue weighted by atomic mass is 32.1. The molecular formula is C20H22N4O3S. The Kier molecular flexibility index (Phi) is 5.50. The zero-order chi connectivity index (χ0) is 19.5. The summed E-state index contributed by atoms with van der Waals surface area (Å²) in [5.74, 6) is -0.937. The Balaban J connectivity index is 1.28. The van der Waals surface area contributed by atoms with Gasteiger partial charge in [-0.15, -0.1) is 11.3 Å². The third-order valence-electron chi connectivity index (χ3n) is 5.07. The summed E-state index contributed by atoms with van der Waals surface area (Å²) in [4.78, 5) is 44.9. The molecule has 2 aromatic rings. The van der Waals surface area contributed by atoms with Crippen LogP contribution in [0.15, 0.2) is 29.6 Å². The predicted octanol–water partition coefficient (Wildman–Crippen LogP) is 2.75.